The van der Waals surface area contributed by atoms with Gasteiger partial charge >= 0.3 is 14.3 Å². The van der Waals surface area contributed by atoms with Crippen molar-refractivity contribution in [2.24, 2.45) is 0 Å². The highest BCUT2D eigenvalue weighted by Gasteiger charge is 2.45. The van der Waals surface area contributed by atoms with Gasteiger partial charge in [0.2, 0.25) is 0 Å². The van der Waals surface area contributed by atoms with Crippen molar-refractivity contribution in [2.45, 2.75) is 37.4 Å². The molecule has 6 aromatic rings. The van der Waals surface area contributed by atoms with Gasteiger partial charge in [-0.15, -0.1) is 0 Å². The Morgan fingerprint density at radius 1 is 0.721 bits per heavy atom. The SMILES string of the molecule is COc1ccc(C(OC[C@H]2O[C@@H](n3cc(C)c(=O)[nH]c3=O)C[C@@H]2OP(Oc2ccc([N+](=O)[O-])cc2)Oc2ccc([N+](=O)[O-])cc2)(c2ccccc2)c2ccc(OC)cc2)cc1. The lowest BCUT2D eigenvalue weighted by Crippen LogP contribution is -2.38. The first kappa shape index (κ1) is 42.2. The standard InChI is InChI=1S/C43H39N4O13P/c1-28-26-45(42(49)44-41(28)48)40-25-38(60-61(58-36-21-13-32(14-22-36)46(50)51)59-37-23-15-33(16-24-37)47(52)53)39(57-40)27-56-43(29-7-5-4-6-8-29,30-9-17-34(54-2)18-10-30)31-11-19-35(55-3)20-12-31/h4-24,26,38-40H,25,27H2,1-3H3,(H,44,48,49)/t38-,39+,40+/m0/s1. The average Bonchev–Trinajstić information content (AvgIpc) is 3.67. The van der Waals surface area contributed by atoms with Gasteiger partial charge in [0.05, 0.1) is 30.7 Å². The minimum Gasteiger partial charge on any atom is -0.497 e. The van der Waals surface area contributed by atoms with Crippen molar-refractivity contribution in [3.05, 3.63) is 197 Å². The first-order valence-corrected chi connectivity index (χ1v) is 19.8. The Morgan fingerprint density at radius 3 is 1.67 bits per heavy atom. The second-order valence-electron chi connectivity index (χ2n) is 13.7. The number of H-pyrrole nitrogens is 1. The Labute approximate surface area is 349 Å². The number of hydrogen-bond acceptors (Lipinski definition) is 13. The van der Waals surface area contributed by atoms with E-state index in [9.17, 15) is 29.8 Å². The largest absolute Gasteiger partial charge is 0.497 e. The third-order valence-corrected chi connectivity index (χ3v) is 11.1. The molecule has 18 heteroatoms. The maximum absolute atomic E-state index is 13.2. The van der Waals surface area contributed by atoms with Crippen molar-refractivity contribution < 1.29 is 42.4 Å². The second-order valence-corrected chi connectivity index (χ2v) is 14.7. The van der Waals surface area contributed by atoms with Crippen LogP contribution in [0.1, 0.15) is 34.9 Å². The molecule has 1 fully saturated rings. The summed E-state index contributed by atoms with van der Waals surface area (Å²) in [5, 5.41) is 22.8. The van der Waals surface area contributed by atoms with E-state index in [0.29, 0.717) is 11.5 Å². The number of methoxy groups -OCH3 is 2. The molecule has 17 nitrogen and oxygen atoms in total. The van der Waals surface area contributed by atoms with Crippen LogP contribution in [0.5, 0.6) is 23.0 Å². The predicted molar refractivity (Wildman–Crippen MR) is 222 cm³/mol. The molecular formula is C43H39N4O13P. The lowest BCUT2D eigenvalue weighted by Gasteiger charge is -2.37. The van der Waals surface area contributed by atoms with E-state index in [4.69, 9.17) is 32.5 Å². The van der Waals surface area contributed by atoms with E-state index >= 15 is 0 Å². The van der Waals surface area contributed by atoms with Gasteiger partial charge in [0.1, 0.15) is 47.0 Å². The first-order valence-electron chi connectivity index (χ1n) is 18.7. The third kappa shape index (κ3) is 9.45. The fraction of sp³-hybridized carbons (Fsp3) is 0.209. The van der Waals surface area contributed by atoms with Gasteiger partial charge in [-0.05, 0) is 72.1 Å². The Bertz CT molecular complexity index is 2460. The van der Waals surface area contributed by atoms with Crippen LogP contribution >= 0.6 is 8.60 Å². The number of ether oxygens (including phenoxy) is 4. The van der Waals surface area contributed by atoms with E-state index in [-0.39, 0.29) is 41.5 Å². The zero-order valence-corrected chi connectivity index (χ0v) is 33.8. The van der Waals surface area contributed by atoms with Gasteiger partial charge in [-0.25, -0.2) is 4.79 Å². The molecule has 0 amide bonds. The first-order chi connectivity index (χ1) is 29.5. The monoisotopic (exact) mass is 850 g/mol. The molecule has 7 rings (SSSR count). The Hall–Kier alpha value is -6.91. The molecule has 0 spiro atoms. The molecule has 314 valence electrons. The molecule has 1 aromatic heterocycles. The zero-order valence-electron chi connectivity index (χ0n) is 32.9. The number of benzene rings is 5. The number of nitro benzene ring substituents is 2. The number of aryl methyl sites for hydroxylation is 1. The molecule has 1 N–H and O–H groups in total. The number of aromatic nitrogens is 2. The van der Waals surface area contributed by atoms with Gasteiger partial charge in [-0.1, -0.05) is 54.6 Å². The summed E-state index contributed by atoms with van der Waals surface area (Å²) in [6, 6.07) is 35.1. The minimum atomic E-state index is -2.44. The molecule has 0 saturated carbocycles. The summed E-state index contributed by atoms with van der Waals surface area (Å²) < 4.78 is 44.9. The van der Waals surface area contributed by atoms with Crippen molar-refractivity contribution in [3.63, 3.8) is 0 Å². The van der Waals surface area contributed by atoms with Gasteiger partial charge in [-0.3, -0.25) is 39.1 Å². The van der Waals surface area contributed by atoms with Crippen LogP contribution in [-0.2, 0) is 19.6 Å². The summed E-state index contributed by atoms with van der Waals surface area (Å²) >= 11 is 0. The molecule has 3 atom stereocenters. The predicted octanol–water partition coefficient (Wildman–Crippen LogP) is 7.74. The molecular weight excluding hydrogens is 811 g/mol. The van der Waals surface area contributed by atoms with Gasteiger partial charge in [0.25, 0.3) is 16.9 Å². The van der Waals surface area contributed by atoms with E-state index in [1.807, 2.05) is 78.9 Å². The molecule has 2 heterocycles. The van der Waals surface area contributed by atoms with Gasteiger partial charge in [0.15, 0.2) is 0 Å². The zero-order chi connectivity index (χ0) is 43.1. The number of nitrogens with one attached hydrogen (secondary N) is 1. The summed E-state index contributed by atoms with van der Waals surface area (Å²) in [6.07, 6.45) is -1.39. The highest BCUT2D eigenvalue weighted by molar-refractivity contribution is 7.42. The number of hydrogen-bond donors (Lipinski definition) is 1. The van der Waals surface area contributed by atoms with Crippen molar-refractivity contribution in [2.75, 3.05) is 20.8 Å². The maximum Gasteiger partial charge on any atom is 0.463 e. The third-order valence-electron chi connectivity index (χ3n) is 9.95. The molecule has 0 unspecified atom stereocenters. The lowest BCUT2D eigenvalue weighted by atomic mass is 9.80. The van der Waals surface area contributed by atoms with Crippen LogP contribution in [0.15, 0.2) is 143 Å². The number of non-ortho nitro benzene ring substituents is 2. The Morgan fingerprint density at radius 2 is 1.20 bits per heavy atom. The van der Waals surface area contributed by atoms with Gasteiger partial charge in [-0.2, -0.15) is 0 Å². The van der Waals surface area contributed by atoms with Crippen LogP contribution < -0.4 is 29.8 Å². The number of nitrogens with zero attached hydrogens (tertiary/aromatic N) is 3. The summed E-state index contributed by atoms with van der Waals surface area (Å²) in [4.78, 5) is 49.6. The van der Waals surface area contributed by atoms with Crippen LogP contribution in [0.3, 0.4) is 0 Å². The fourth-order valence-electron chi connectivity index (χ4n) is 6.82. The fourth-order valence-corrected chi connectivity index (χ4v) is 7.97. The highest BCUT2D eigenvalue weighted by atomic mass is 31.2. The molecule has 5 aromatic carbocycles. The van der Waals surface area contributed by atoms with Crippen molar-refractivity contribution in [1.82, 2.24) is 9.55 Å². The summed E-state index contributed by atoms with van der Waals surface area (Å²) in [6.45, 7) is 1.41. The summed E-state index contributed by atoms with van der Waals surface area (Å²) in [7, 11) is 0.717. The number of aromatic amines is 1. The van der Waals surface area contributed by atoms with Gasteiger partial charge < -0.3 is 28.0 Å². The molecule has 1 aliphatic heterocycles. The van der Waals surface area contributed by atoms with Crippen LogP contribution in [0.4, 0.5) is 11.4 Å². The van der Waals surface area contributed by atoms with E-state index < -0.39 is 53.7 Å². The molecule has 1 saturated heterocycles. The molecule has 61 heavy (non-hydrogen) atoms. The second kappa shape index (κ2) is 18.6. The van der Waals surface area contributed by atoms with Crippen LogP contribution in [-0.4, -0.2) is 52.4 Å². The molecule has 0 radical (unpaired) electrons. The summed E-state index contributed by atoms with van der Waals surface area (Å²) in [5.41, 5.74) is -0.332. The van der Waals surface area contributed by atoms with E-state index in [2.05, 4.69) is 4.98 Å². The van der Waals surface area contributed by atoms with Crippen molar-refractivity contribution >= 4 is 20.0 Å². The number of rotatable bonds is 17. The van der Waals surface area contributed by atoms with E-state index in [1.165, 1.54) is 59.3 Å². The molecule has 0 aliphatic carbocycles. The van der Waals surface area contributed by atoms with Crippen LogP contribution in [0.2, 0.25) is 0 Å². The summed E-state index contributed by atoms with van der Waals surface area (Å²) in [5.74, 6) is 1.59. The highest BCUT2D eigenvalue weighted by Crippen LogP contribution is 2.48. The van der Waals surface area contributed by atoms with Crippen LogP contribution in [0, 0.1) is 27.2 Å². The van der Waals surface area contributed by atoms with E-state index in [0.717, 1.165) is 16.7 Å². The smallest absolute Gasteiger partial charge is 0.463 e. The van der Waals surface area contributed by atoms with E-state index in [1.54, 1.807) is 21.1 Å². The normalized spacial score (nSPS) is 16.2. The Balaban J connectivity index is 1.29. The van der Waals surface area contributed by atoms with Crippen LogP contribution in [0.25, 0.3) is 0 Å². The topological polar surface area (TPSA) is 206 Å². The minimum absolute atomic E-state index is 0.0366. The number of nitro groups is 2. The maximum atomic E-state index is 13.2. The Kier molecular flexibility index (Phi) is 12.8. The van der Waals surface area contributed by atoms with Gasteiger partial charge in [0, 0.05) is 42.4 Å². The van der Waals surface area contributed by atoms with Crippen molar-refractivity contribution in [1.29, 1.82) is 0 Å². The average molecular weight is 851 g/mol. The quantitative estimate of drug-likeness (QED) is 0.0404. The lowest BCUT2D eigenvalue weighted by molar-refractivity contribution is -0.385. The molecule has 1 aliphatic rings. The molecule has 0 bridgehead atoms. The van der Waals surface area contributed by atoms with Crippen molar-refractivity contribution in [3.8, 4) is 23.0 Å².